The van der Waals surface area contributed by atoms with Gasteiger partial charge in [0.2, 0.25) is 0 Å². The van der Waals surface area contributed by atoms with E-state index in [9.17, 15) is 9.18 Å². The molecule has 0 bridgehead atoms. The normalized spacial score (nSPS) is 14.2. The first-order chi connectivity index (χ1) is 14.5. The molecule has 1 aromatic heterocycles. The van der Waals surface area contributed by atoms with E-state index >= 15 is 0 Å². The second-order valence-electron chi connectivity index (χ2n) is 7.67. The minimum absolute atomic E-state index is 0.120. The number of hydrogen-bond donors (Lipinski definition) is 1. The number of anilines is 1. The standard InChI is InChI=1S/C24H25ClFN3O/c1-17-20(24(30)27-22-10-9-19(25)15-21(22)26)16-23(18-7-3-2-4-8-18)29(17)14-13-28-11-5-6-12-28/h2-4,7-10,15-16H,5-6,11-14H2,1H3,(H,27,30). The Labute approximate surface area is 181 Å². The number of carbonyl (C=O) groups excluding carboxylic acids is 1. The van der Waals surface area contributed by atoms with Crippen molar-refractivity contribution < 1.29 is 9.18 Å². The zero-order valence-electron chi connectivity index (χ0n) is 17.0. The molecule has 0 atom stereocenters. The molecule has 0 saturated carbocycles. The number of aromatic nitrogens is 1. The summed E-state index contributed by atoms with van der Waals surface area (Å²) in [7, 11) is 0. The molecule has 1 aliphatic rings. The fraction of sp³-hybridized carbons (Fsp3) is 0.292. The maximum absolute atomic E-state index is 14.2. The molecule has 0 radical (unpaired) electrons. The summed E-state index contributed by atoms with van der Waals surface area (Å²) in [6.45, 7) is 5.96. The number of rotatable bonds is 6. The molecule has 1 N–H and O–H groups in total. The van der Waals surface area contributed by atoms with E-state index in [1.807, 2.05) is 43.3 Å². The summed E-state index contributed by atoms with van der Waals surface area (Å²) in [6, 6.07) is 16.2. The van der Waals surface area contributed by atoms with Gasteiger partial charge in [0.1, 0.15) is 5.82 Å². The Bertz CT molecular complexity index is 1040. The van der Waals surface area contributed by atoms with E-state index in [2.05, 4.69) is 14.8 Å². The monoisotopic (exact) mass is 425 g/mol. The second kappa shape index (κ2) is 9.02. The molecule has 6 heteroatoms. The number of nitrogens with one attached hydrogen (secondary N) is 1. The van der Waals surface area contributed by atoms with Crippen LogP contribution in [0.25, 0.3) is 11.3 Å². The predicted molar refractivity (Wildman–Crippen MR) is 120 cm³/mol. The van der Waals surface area contributed by atoms with Crippen LogP contribution in [0.1, 0.15) is 28.9 Å². The zero-order chi connectivity index (χ0) is 21.1. The highest BCUT2D eigenvalue weighted by Crippen LogP contribution is 2.28. The molecule has 2 heterocycles. The molecule has 0 aliphatic carbocycles. The van der Waals surface area contributed by atoms with E-state index in [-0.39, 0.29) is 11.6 Å². The van der Waals surface area contributed by atoms with Crippen LogP contribution in [-0.4, -0.2) is 35.0 Å². The van der Waals surface area contributed by atoms with Gasteiger partial charge in [-0.1, -0.05) is 41.9 Å². The smallest absolute Gasteiger partial charge is 0.257 e. The highest BCUT2D eigenvalue weighted by Gasteiger charge is 2.20. The van der Waals surface area contributed by atoms with Crippen LogP contribution < -0.4 is 5.32 Å². The van der Waals surface area contributed by atoms with Gasteiger partial charge < -0.3 is 14.8 Å². The van der Waals surface area contributed by atoms with Crippen LogP contribution in [0.4, 0.5) is 10.1 Å². The topological polar surface area (TPSA) is 37.3 Å². The lowest BCUT2D eigenvalue weighted by Crippen LogP contribution is -2.25. The molecule has 0 spiro atoms. The van der Waals surface area contributed by atoms with Crippen LogP contribution >= 0.6 is 11.6 Å². The largest absolute Gasteiger partial charge is 0.343 e. The quantitative estimate of drug-likeness (QED) is 0.557. The van der Waals surface area contributed by atoms with Crippen molar-refractivity contribution >= 4 is 23.2 Å². The average molecular weight is 426 g/mol. The summed E-state index contributed by atoms with van der Waals surface area (Å²) in [5, 5.41) is 2.98. The number of halogens is 2. The Morgan fingerprint density at radius 3 is 2.50 bits per heavy atom. The number of nitrogens with zero attached hydrogens (tertiary/aromatic N) is 2. The lowest BCUT2D eigenvalue weighted by atomic mass is 10.1. The molecule has 4 nitrogen and oxygen atoms in total. The van der Waals surface area contributed by atoms with Gasteiger partial charge in [0.05, 0.1) is 11.3 Å². The van der Waals surface area contributed by atoms with Crippen LogP contribution in [-0.2, 0) is 6.54 Å². The van der Waals surface area contributed by atoms with Gasteiger partial charge in [0.25, 0.3) is 5.91 Å². The van der Waals surface area contributed by atoms with Gasteiger partial charge in [-0.3, -0.25) is 4.79 Å². The van der Waals surface area contributed by atoms with Gasteiger partial charge >= 0.3 is 0 Å². The molecule has 3 aromatic rings. The van der Waals surface area contributed by atoms with Crippen molar-refractivity contribution in [1.29, 1.82) is 0 Å². The van der Waals surface area contributed by atoms with E-state index < -0.39 is 5.82 Å². The third-order valence-corrected chi connectivity index (χ3v) is 5.93. The van der Waals surface area contributed by atoms with Crippen LogP contribution in [0.2, 0.25) is 5.02 Å². The Hall–Kier alpha value is -2.63. The Morgan fingerprint density at radius 1 is 1.07 bits per heavy atom. The highest BCUT2D eigenvalue weighted by molar-refractivity contribution is 6.30. The summed E-state index contributed by atoms with van der Waals surface area (Å²) < 4.78 is 16.4. The number of benzene rings is 2. The molecular weight excluding hydrogens is 401 g/mol. The van der Waals surface area contributed by atoms with Gasteiger partial charge in [0.15, 0.2) is 0 Å². The van der Waals surface area contributed by atoms with Crippen LogP contribution in [0, 0.1) is 12.7 Å². The van der Waals surface area contributed by atoms with Gasteiger partial charge in [-0.05, 0) is 62.7 Å². The van der Waals surface area contributed by atoms with Crippen molar-refractivity contribution in [3.05, 3.63) is 76.7 Å². The van der Waals surface area contributed by atoms with E-state index in [1.54, 1.807) is 6.07 Å². The van der Waals surface area contributed by atoms with Crippen LogP contribution in [0.3, 0.4) is 0 Å². The summed E-state index contributed by atoms with van der Waals surface area (Å²) in [5.41, 5.74) is 3.59. The Morgan fingerprint density at radius 2 is 1.80 bits per heavy atom. The second-order valence-corrected chi connectivity index (χ2v) is 8.11. The van der Waals surface area contributed by atoms with Crippen molar-refractivity contribution in [2.75, 3.05) is 25.0 Å². The van der Waals surface area contributed by atoms with Crippen molar-refractivity contribution in [3.8, 4) is 11.3 Å². The van der Waals surface area contributed by atoms with Gasteiger partial charge in [-0.15, -0.1) is 0 Å². The van der Waals surface area contributed by atoms with Crippen molar-refractivity contribution in [2.45, 2.75) is 26.3 Å². The van der Waals surface area contributed by atoms with Gasteiger partial charge in [0, 0.05) is 29.5 Å². The van der Waals surface area contributed by atoms with Crippen molar-refractivity contribution in [2.24, 2.45) is 0 Å². The van der Waals surface area contributed by atoms with Crippen LogP contribution in [0.5, 0.6) is 0 Å². The minimum Gasteiger partial charge on any atom is -0.343 e. The Balaban J connectivity index is 1.64. The lowest BCUT2D eigenvalue weighted by molar-refractivity contribution is 0.102. The van der Waals surface area contributed by atoms with Gasteiger partial charge in [-0.2, -0.15) is 0 Å². The summed E-state index contributed by atoms with van der Waals surface area (Å²) >= 11 is 5.82. The lowest BCUT2D eigenvalue weighted by Gasteiger charge is -2.18. The minimum atomic E-state index is -0.551. The fourth-order valence-corrected chi connectivity index (χ4v) is 4.20. The summed E-state index contributed by atoms with van der Waals surface area (Å²) in [4.78, 5) is 15.5. The zero-order valence-corrected chi connectivity index (χ0v) is 17.8. The van der Waals surface area contributed by atoms with Crippen LogP contribution in [0.15, 0.2) is 54.6 Å². The number of hydrogen-bond acceptors (Lipinski definition) is 2. The number of carbonyl (C=O) groups is 1. The molecule has 1 fully saturated rings. The Kier molecular flexibility index (Phi) is 6.21. The molecule has 2 aromatic carbocycles. The van der Waals surface area contributed by atoms with Crippen molar-refractivity contribution in [3.63, 3.8) is 0 Å². The summed E-state index contributed by atoms with van der Waals surface area (Å²) in [5.74, 6) is -0.879. The molecule has 1 amide bonds. The molecular formula is C24H25ClFN3O. The summed E-state index contributed by atoms with van der Waals surface area (Å²) in [6.07, 6.45) is 2.49. The van der Waals surface area contributed by atoms with Gasteiger partial charge in [-0.25, -0.2) is 4.39 Å². The van der Waals surface area contributed by atoms with E-state index in [1.165, 1.54) is 25.0 Å². The molecule has 4 rings (SSSR count). The van der Waals surface area contributed by atoms with Crippen molar-refractivity contribution in [1.82, 2.24) is 9.47 Å². The maximum Gasteiger partial charge on any atom is 0.257 e. The first kappa shape index (κ1) is 20.6. The number of amides is 1. The molecule has 0 unspecified atom stereocenters. The first-order valence-electron chi connectivity index (χ1n) is 10.3. The third-order valence-electron chi connectivity index (χ3n) is 5.70. The number of likely N-dealkylation sites (tertiary alicyclic amines) is 1. The van der Waals surface area contributed by atoms with E-state index in [0.29, 0.717) is 10.6 Å². The molecule has 30 heavy (non-hydrogen) atoms. The average Bonchev–Trinajstić information content (AvgIpc) is 3.37. The molecule has 1 saturated heterocycles. The fourth-order valence-electron chi connectivity index (χ4n) is 4.04. The molecule has 156 valence electrons. The van der Waals surface area contributed by atoms with E-state index in [4.69, 9.17) is 11.6 Å². The highest BCUT2D eigenvalue weighted by atomic mass is 35.5. The van der Waals surface area contributed by atoms with E-state index in [0.717, 1.165) is 43.1 Å². The molecule has 1 aliphatic heterocycles. The third kappa shape index (κ3) is 4.42. The maximum atomic E-state index is 14.2. The first-order valence-corrected chi connectivity index (χ1v) is 10.6. The SMILES string of the molecule is Cc1c(C(=O)Nc2ccc(Cl)cc2F)cc(-c2ccccc2)n1CCN1CCCC1. The predicted octanol–water partition coefficient (Wildman–Crippen LogP) is 5.60.